The molecule has 1 amide bonds. The third-order valence-electron chi connectivity index (χ3n) is 16.3. The Kier molecular flexibility index (Phi) is 12.3. The highest BCUT2D eigenvalue weighted by atomic mass is 32.2. The number of hydrogen-bond donors (Lipinski definition) is 4. The largest absolute Gasteiger partial charge is 0.489 e. The molecule has 4 fully saturated rings. The number of ether oxygens (including phenoxy) is 2. The zero-order chi connectivity index (χ0) is 48.5. The number of pyridine rings is 1. The molecule has 1 spiro atoms. The van der Waals surface area contributed by atoms with E-state index in [2.05, 4.69) is 91.5 Å². The third-order valence-corrected chi connectivity index (χ3v) is 17.6. The zero-order valence-electron chi connectivity index (χ0n) is 40.3. The molecule has 2 aromatic heterocycles. The van der Waals surface area contributed by atoms with Crippen molar-refractivity contribution in [3.05, 3.63) is 106 Å². The molecule has 2 saturated carbocycles. The maximum Gasteiger partial charge on any atom is 0.297 e. The quantitative estimate of drug-likeness (QED) is 0.0662. The van der Waals surface area contributed by atoms with E-state index >= 15 is 0 Å². The summed E-state index contributed by atoms with van der Waals surface area (Å²) in [4.78, 5) is 38.1. The fraction of sp³-hybridized carbons (Fsp3) is 0.480. The molecule has 5 aliphatic rings. The van der Waals surface area contributed by atoms with Crippen LogP contribution in [0.4, 0.5) is 17.1 Å². The number of rotatable bonds is 12. The van der Waals surface area contributed by atoms with E-state index in [9.17, 15) is 28.4 Å². The summed E-state index contributed by atoms with van der Waals surface area (Å²) >= 11 is 0. The standard InChI is InChI=1S/C50H62B3N7O8S/c1-30(2)39-5-3-4-6-41(39)49(51)14-15-50(52,53)59(49)35-26-48(27-35)16-19-58(20-17-48)34-9-12-40(43(23-34)68-37-22-32-13-18-54-46(32)55-28-37)47(62)57-69(65,66)38-24-42(60(63)64)45-44(25-38)67-29-33(56-45)21-31-7-10-36(61)11-8-31/h3-6,9,12-13,18,22-25,28,30-31,33,35-36,56,61H,7-8,10-11,14-17,19-21,26-27,29,51-53H2,1-2H3,(H,54,55)(H,57,62)/t31-,33-,36-,49?/m1/s1. The van der Waals surface area contributed by atoms with Gasteiger partial charge in [0.2, 0.25) is 0 Å². The Labute approximate surface area is 406 Å². The number of aliphatic hydroxyl groups is 1. The lowest BCUT2D eigenvalue weighted by Crippen LogP contribution is -2.65. The second-order valence-electron chi connectivity index (χ2n) is 21.7. The smallest absolute Gasteiger partial charge is 0.297 e. The van der Waals surface area contributed by atoms with Crippen molar-refractivity contribution in [1.82, 2.24) is 19.6 Å². The number of aliphatic hydroxyl groups excluding tert-OH is 1. The molecule has 19 heteroatoms. The van der Waals surface area contributed by atoms with Crippen molar-refractivity contribution in [2.75, 3.05) is 29.9 Å². The number of fused-ring (bicyclic) bond motifs is 2. The van der Waals surface area contributed by atoms with Crippen LogP contribution >= 0.6 is 0 Å². The molecule has 3 aliphatic heterocycles. The van der Waals surface area contributed by atoms with Crippen molar-refractivity contribution in [3.8, 4) is 17.2 Å². The lowest BCUT2D eigenvalue weighted by atomic mass is 9.54. The normalized spacial score (nSPS) is 24.6. The van der Waals surface area contributed by atoms with Crippen LogP contribution in [0.5, 0.6) is 17.2 Å². The van der Waals surface area contributed by atoms with Crippen molar-refractivity contribution in [2.45, 2.75) is 124 Å². The molecule has 1 unspecified atom stereocenters. The number of likely N-dealkylation sites (tertiary alicyclic amines) is 1. The second kappa shape index (κ2) is 18.0. The van der Waals surface area contributed by atoms with Crippen LogP contribution in [0.2, 0.25) is 0 Å². The molecular weight excluding hydrogens is 891 g/mol. The van der Waals surface area contributed by atoms with Gasteiger partial charge < -0.3 is 34.7 Å². The summed E-state index contributed by atoms with van der Waals surface area (Å²) in [5, 5.41) is 26.4. The van der Waals surface area contributed by atoms with Crippen molar-refractivity contribution < 1.29 is 32.7 Å². The number of nitrogens with zero attached hydrogens (tertiary/aromatic N) is 4. The van der Waals surface area contributed by atoms with Crippen LogP contribution in [0, 0.1) is 21.4 Å². The first-order chi connectivity index (χ1) is 32.9. The Morgan fingerprint density at radius 2 is 1.77 bits per heavy atom. The van der Waals surface area contributed by atoms with Crippen molar-refractivity contribution in [2.24, 2.45) is 11.3 Å². The zero-order valence-corrected chi connectivity index (χ0v) is 41.1. The van der Waals surface area contributed by atoms with Crippen LogP contribution in [-0.2, 0) is 15.5 Å². The number of H-pyrrole nitrogens is 1. The summed E-state index contributed by atoms with van der Waals surface area (Å²) in [5.41, 5.74) is 4.22. The van der Waals surface area contributed by atoms with Gasteiger partial charge in [-0.3, -0.25) is 14.9 Å². The summed E-state index contributed by atoms with van der Waals surface area (Å²) in [6.45, 7) is 6.41. The van der Waals surface area contributed by atoms with E-state index in [1.54, 1.807) is 30.6 Å². The van der Waals surface area contributed by atoms with Crippen LogP contribution in [0.3, 0.4) is 0 Å². The van der Waals surface area contributed by atoms with E-state index < -0.39 is 31.4 Å². The first-order valence-electron chi connectivity index (χ1n) is 24.8. The molecule has 0 bridgehead atoms. The fourth-order valence-electron chi connectivity index (χ4n) is 12.7. The van der Waals surface area contributed by atoms with Gasteiger partial charge in [0.05, 0.1) is 33.7 Å². The topological polar surface area (TPSA) is 192 Å². The number of benzene rings is 3. The highest BCUT2D eigenvalue weighted by molar-refractivity contribution is 7.90. The highest BCUT2D eigenvalue weighted by Gasteiger charge is 2.57. The van der Waals surface area contributed by atoms with Gasteiger partial charge in [0.1, 0.15) is 47.3 Å². The average Bonchev–Trinajstić information content (AvgIpc) is 3.88. The molecule has 5 heterocycles. The predicted octanol–water partition coefficient (Wildman–Crippen LogP) is 5.87. The molecule has 10 rings (SSSR count). The minimum Gasteiger partial charge on any atom is -0.489 e. The summed E-state index contributed by atoms with van der Waals surface area (Å²) in [7, 11) is 2.65. The van der Waals surface area contributed by atoms with Gasteiger partial charge in [-0.1, -0.05) is 38.1 Å². The van der Waals surface area contributed by atoms with Gasteiger partial charge in [-0.2, -0.15) is 0 Å². The molecule has 69 heavy (non-hydrogen) atoms. The first kappa shape index (κ1) is 47.2. The third kappa shape index (κ3) is 9.10. The molecule has 4 N–H and O–H groups in total. The summed E-state index contributed by atoms with van der Waals surface area (Å²) in [6, 6.07) is 20.3. The average molecular weight is 954 g/mol. The van der Waals surface area contributed by atoms with Gasteiger partial charge in [-0.25, -0.2) is 18.1 Å². The number of nitro groups is 1. The molecule has 5 aromatic rings. The molecule has 2 aliphatic carbocycles. The van der Waals surface area contributed by atoms with Crippen LogP contribution in [0.15, 0.2) is 84.0 Å². The Morgan fingerprint density at radius 1 is 1.01 bits per heavy atom. The number of piperidine rings is 1. The first-order valence-corrected chi connectivity index (χ1v) is 26.2. The number of nitro benzene ring substituents is 1. The molecule has 2 atom stereocenters. The molecule has 0 radical (unpaired) electrons. The summed E-state index contributed by atoms with van der Waals surface area (Å²) < 4.78 is 42.5. The van der Waals surface area contributed by atoms with E-state index in [1.165, 1.54) is 17.2 Å². The minimum atomic E-state index is -4.66. The number of hydrogen-bond acceptors (Lipinski definition) is 12. The Balaban J connectivity index is 0.862. The lowest BCUT2D eigenvalue weighted by Gasteiger charge is -2.61. The molecule has 15 nitrogen and oxygen atoms in total. The number of aromatic nitrogens is 2. The van der Waals surface area contributed by atoms with E-state index in [1.807, 2.05) is 12.1 Å². The SMILES string of the molecule is BC1(B)CCC(B)(c2ccccc2C(C)C)N1C1CC2(CCN(c3ccc(C(=O)NS(=O)(=O)c4cc5c(c([N+](=O)[O-])c4)N[C@H](C[C@H]4CC[C@H](O)CC4)CO5)c(Oc4cnc5[nH]ccc5c4)c3)CC2)C1. The maximum atomic E-state index is 14.2. The second-order valence-corrected chi connectivity index (χ2v) is 23.4. The van der Waals surface area contributed by atoms with Crippen LogP contribution in [0.25, 0.3) is 11.0 Å². The van der Waals surface area contributed by atoms with Gasteiger partial charge in [0, 0.05) is 60.0 Å². The monoisotopic (exact) mass is 953 g/mol. The number of carbonyl (C=O) groups excluding carboxylic acids is 1. The van der Waals surface area contributed by atoms with Gasteiger partial charge in [0.15, 0.2) is 11.4 Å². The number of amides is 1. The van der Waals surface area contributed by atoms with Crippen molar-refractivity contribution in [3.63, 3.8) is 0 Å². The number of carbonyl (C=O) groups is 1. The Bertz CT molecular complexity index is 2890. The van der Waals surface area contributed by atoms with Gasteiger partial charge in [0.25, 0.3) is 21.6 Å². The van der Waals surface area contributed by atoms with Crippen LogP contribution in [0.1, 0.15) is 112 Å². The predicted molar refractivity (Wildman–Crippen MR) is 274 cm³/mol. The molecular formula is C50H62B3N7O8S. The number of anilines is 2. The number of sulfonamides is 1. The van der Waals surface area contributed by atoms with Crippen LogP contribution < -0.4 is 24.4 Å². The highest BCUT2D eigenvalue weighted by Crippen LogP contribution is 2.57. The fourth-order valence-corrected chi connectivity index (χ4v) is 13.7. The Hall–Kier alpha value is -5.52. The van der Waals surface area contributed by atoms with Crippen molar-refractivity contribution in [1.29, 1.82) is 0 Å². The minimum absolute atomic E-state index is 0.0138. The lowest BCUT2D eigenvalue weighted by molar-refractivity contribution is -0.384. The molecule has 2 saturated heterocycles. The van der Waals surface area contributed by atoms with E-state index in [-0.39, 0.29) is 57.7 Å². The molecule has 3 aromatic carbocycles. The number of nitrogens with one attached hydrogen (secondary N) is 3. The van der Waals surface area contributed by atoms with E-state index in [4.69, 9.17) is 9.47 Å². The summed E-state index contributed by atoms with van der Waals surface area (Å²) in [5.74, 6) is 0.329. The van der Waals surface area contributed by atoms with Gasteiger partial charge in [-0.05, 0) is 129 Å². The van der Waals surface area contributed by atoms with Crippen LogP contribution in [-0.4, -0.2) is 106 Å². The van der Waals surface area contributed by atoms with E-state index in [0.29, 0.717) is 48.5 Å². The maximum absolute atomic E-state index is 14.2. The Morgan fingerprint density at radius 3 is 2.51 bits per heavy atom. The van der Waals surface area contributed by atoms with Gasteiger partial charge >= 0.3 is 0 Å². The number of aromatic amines is 1. The van der Waals surface area contributed by atoms with Crippen molar-refractivity contribution >= 4 is 67.6 Å². The summed E-state index contributed by atoms with van der Waals surface area (Å²) in [6.07, 6.45) is 13.5. The van der Waals surface area contributed by atoms with Gasteiger partial charge in [-0.15, -0.1) is 0 Å². The van der Waals surface area contributed by atoms with E-state index in [0.717, 1.165) is 81.6 Å². The molecule has 360 valence electrons.